The van der Waals surface area contributed by atoms with Crippen molar-refractivity contribution in [2.24, 2.45) is 5.11 Å². The van der Waals surface area contributed by atoms with Gasteiger partial charge in [-0.25, -0.2) is 4.39 Å². The summed E-state index contributed by atoms with van der Waals surface area (Å²) in [6.07, 6.45) is -4.86. The van der Waals surface area contributed by atoms with Gasteiger partial charge in [-0.05, 0) is 11.1 Å². The fourth-order valence-corrected chi connectivity index (χ4v) is 3.39. The summed E-state index contributed by atoms with van der Waals surface area (Å²) >= 11 is 0. The molecule has 0 saturated carbocycles. The van der Waals surface area contributed by atoms with Gasteiger partial charge >= 0.3 is 0 Å². The van der Waals surface area contributed by atoms with E-state index in [-0.39, 0.29) is 13.2 Å². The number of rotatable bonds is 5. The summed E-state index contributed by atoms with van der Waals surface area (Å²) in [5, 5.41) is 3.58. The van der Waals surface area contributed by atoms with Crippen LogP contribution in [0, 0.1) is 0 Å². The molecule has 2 aromatic rings. The number of halogens is 1. The summed E-state index contributed by atoms with van der Waals surface area (Å²) in [7, 11) is 0. The van der Waals surface area contributed by atoms with Crippen LogP contribution in [0.5, 0.6) is 0 Å². The number of alkyl halides is 1. The lowest BCUT2D eigenvalue weighted by atomic mass is 9.97. The van der Waals surface area contributed by atoms with E-state index in [2.05, 4.69) is 10.0 Å². The summed E-state index contributed by atoms with van der Waals surface area (Å²) in [5.74, 6) is 0. The maximum Gasteiger partial charge on any atom is 0.184 e. The van der Waals surface area contributed by atoms with Gasteiger partial charge in [-0.1, -0.05) is 65.8 Å². The van der Waals surface area contributed by atoms with Gasteiger partial charge in [0, 0.05) is 10.5 Å². The first-order valence-electron chi connectivity index (χ1n) is 9.07. The predicted molar refractivity (Wildman–Crippen MR) is 97.7 cm³/mol. The number of hydrogen-bond acceptors (Lipinski definition) is 5. The first-order valence-corrected chi connectivity index (χ1v) is 9.07. The Labute approximate surface area is 161 Å². The molecule has 2 aromatic carbocycles. The third-order valence-electron chi connectivity index (χ3n) is 4.80. The maximum absolute atomic E-state index is 15.2. The molecule has 4 rings (SSSR count). The van der Waals surface area contributed by atoms with Crippen molar-refractivity contribution in [1.82, 2.24) is 0 Å². The Bertz CT molecular complexity index is 819. The van der Waals surface area contributed by atoms with Crippen molar-refractivity contribution in [1.29, 1.82) is 0 Å². The molecule has 2 aliphatic rings. The number of ether oxygens (including phenoxy) is 4. The molecule has 0 spiro atoms. The van der Waals surface area contributed by atoms with Crippen molar-refractivity contribution in [2.75, 3.05) is 6.61 Å². The van der Waals surface area contributed by atoms with Crippen LogP contribution in [0.2, 0.25) is 0 Å². The molecule has 8 heteroatoms. The SMILES string of the molecule is [N-]=[N+]=NC1C(OCc2ccccc2)O[C@@H]2COC(c3ccccc3)O[C@H]2[C@H]1F. The third kappa shape index (κ3) is 4.01. The third-order valence-corrected chi connectivity index (χ3v) is 4.80. The lowest BCUT2D eigenvalue weighted by Crippen LogP contribution is -2.60. The van der Waals surface area contributed by atoms with E-state index in [1.165, 1.54) is 0 Å². The van der Waals surface area contributed by atoms with Gasteiger partial charge in [0.25, 0.3) is 0 Å². The Morgan fingerprint density at radius 3 is 2.50 bits per heavy atom. The molecule has 2 fully saturated rings. The summed E-state index contributed by atoms with van der Waals surface area (Å²) in [5.41, 5.74) is 10.6. The summed E-state index contributed by atoms with van der Waals surface area (Å²) in [6.45, 7) is 0.361. The van der Waals surface area contributed by atoms with Crippen molar-refractivity contribution in [3.63, 3.8) is 0 Å². The van der Waals surface area contributed by atoms with E-state index in [0.29, 0.717) is 0 Å². The maximum atomic E-state index is 15.2. The van der Waals surface area contributed by atoms with Crippen molar-refractivity contribution >= 4 is 0 Å². The van der Waals surface area contributed by atoms with Crippen LogP contribution in [-0.2, 0) is 25.6 Å². The molecule has 0 bridgehead atoms. The average molecular weight is 385 g/mol. The Hall–Kier alpha value is -2.48. The highest BCUT2D eigenvalue weighted by molar-refractivity contribution is 5.17. The zero-order valence-electron chi connectivity index (χ0n) is 15.0. The standard InChI is InChI=1S/C20H20FN3O4/c21-16-17(23-24-22)20(25-11-13-7-3-1-4-8-13)27-15-12-26-19(28-18(15)16)14-9-5-2-6-10-14/h1-10,15-20H,11-12H2/t15-,16+,17?,18-,19?,20?/m1/s1. The number of benzene rings is 2. The molecule has 0 amide bonds. The van der Waals surface area contributed by atoms with Crippen LogP contribution in [0.15, 0.2) is 65.8 Å². The second kappa shape index (κ2) is 8.68. The van der Waals surface area contributed by atoms with Gasteiger partial charge < -0.3 is 18.9 Å². The minimum atomic E-state index is -1.58. The Morgan fingerprint density at radius 2 is 1.79 bits per heavy atom. The molecule has 146 valence electrons. The molecule has 0 radical (unpaired) electrons. The zero-order valence-corrected chi connectivity index (χ0v) is 15.0. The van der Waals surface area contributed by atoms with Crippen molar-refractivity contribution in [3.05, 3.63) is 82.2 Å². The minimum absolute atomic E-state index is 0.152. The van der Waals surface area contributed by atoms with Crippen molar-refractivity contribution in [3.8, 4) is 0 Å². The minimum Gasteiger partial charge on any atom is -0.347 e. The second-order valence-electron chi connectivity index (χ2n) is 6.66. The van der Waals surface area contributed by atoms with Crippen LogP contribution < -0.4 is 0 Å². The van der Waals surface area contributed by atoms with Crippen LogP contribution in [0.3, 0.4) is 0 Å². The zero-order chi connectivity index (χ0) is 19.3. The molecular formula is C20H20FN3O4. The molecule has 0 aliphatic carbocycles. The molecule has 3 unspecified atom stereocenters. The average Bonchev–Trinajstić information content (AvgIpc) is 2.76. The highest BCUT2D eigenvalue weighted by Crippen LogP contribution is 2.36. The van der Waals surface area contributed by atoms with E-state index >= 15 is 4.39 Å². The second-order valence-corrected chi connectivity index (χ2v) is 6.66. The van der Waals surface area contributed by atoms with Gasteiger partial charge in [0.05, 0.1) is 13.2 Å². The largest absolute Gasteiger partial charge is 0.347 e. The highest BCUT2D eigenvalue weighted by Gasteiger charge is 2.50. The van der Waals surface area contributed by atoms with E-state index in [9.17, 15) is 0 Å². The Kier molecular flexibility index (Phi) is 5.85. The van der Waals surface area contributed by atoms with Gasteiger partial charge in [-0.15, -0.1) is 0 Å². The molecular weight excluding hydrogens is 365 g/mol. The number of fused-ring (bicyclic) bond motifs is 1. The normalized spacial score (nSPS) is 32.2. The highest BCUT2D eigenvalue weighted by atomic mass is 19.1. The van der Waals surface area contributed by atoms with Crippen LogP contribution in [0.4, 0.5) is 4.39 Å². The van der Waals surface area contributed by atoms with E-state index in [4.69, 9.17) is 24.5 Å². The predicted octanol–water partition coefficient (Wildman–Crippen LogP) is 4.06. The lowest BCUT2D eigenvalue weighted by molar-refractivity contribution is -0.336. The van der Waals surface area contributed by atoms with Crippen molar-refractivity contribution in [2.45, 2.75) is 43.6 Å². The van der Waals surface area contributed by atoms with E-state index < -0.39 is 37.0 Å². The van der Waals surface area contributed by atoms with Gasteiger partial charge in [-0.3, -0.25) is 0 Å². The number of hydrogen-bond donors (Lipinski definition) is 0. The monoisotopic (exact) mass is 385 g/mol. The smallest absolute Gasteiger partial charge is 0.184 e. The molecule has 0 aromatic heterocycles. The summed E-state index contributed by atoms with van der Waals surface area (Å²) < 4.78 is 38.3. The first-order chi connectivity index (χ1) is 13.8. The van der Waals surface area contributed by atoms with Crippen LogP contribution in [-0.4, -0.2) is 37.3 Å². The topological polar surface area (TPSA) is 85.7 Å². The van der Waals surface area contributed by atoms with E-state index in [1.54, 1.807) is 0 Å². The number of azide groups is 1. The van der Waals surface area contributed by atoms with Gasteiger partial charge in [-0.2, -0.15) is 0 Å². The molecule has 2 heterocycles. The van der Waals surface area contributed by atoms with Crippen LogP contribution >= 0.6 is 0 Å². The van der Waals surface area contributed by atoms with E-state index in [1.807, 2.05) is 60.7 Å². The molecule has 0 N–H and O–H groups in total. The summed E-state index contributed by atoms with van der Waals surface area (Å²) in [4.78, 5) is 2.77. The molecule has 7 nitrogen and oxygen atoms in total. The van der Waals surface area contributed by atoms with Gasteiger partial charge in [0.15, 0.2) is 12.6 Å². The van der Waals surface area contributed by atoms with Gasteiger partial charge in [0.2, 0.25) is 0 Å². The first kappa shape index (κ1) is 18.9. The summed E-state index contributed by atoms with van der Waals surface area (Å²) in [6, 6.07) is 17.6. The lowest BCUT2D eigenvalue weighted by Gasteiger charge is -2.45. The number of nitrogens with zero attached hydrogens (tertiary/aromatic N) is 3. The van der Waals surface area contributed by atoms with E-state index in [0.717, 1.165) is 11.1 Å². The van der Waals surface area contributed by atoms with Crippen LogP contribution in [0.25, 0.3) is 10.4 Å². The Balaban J connectivity index is 1.47. The Morgan fingerprint density at radius 1 is 1.07 bits per heavy atom. The molecule has 28 heavy (non-hydrogen) atoms. The van der Waals surface area contributed by atoms with Crippen molar-refractivity contribution < 1.29 is 23.3 Å². The molecule has 6 atom stereocenters. The van der Waals surface area contributed by atoms with Crippen LogP contribution in [0.1, 0.15) is 17.4 Å². The molecule has 2 saturated heterocycles. The fraction of sp³-hybridized carbons (Fsp3) is 0.400. The molecule has 2 aliphatic heterocycles. The van der Waals surface area contributed by atoms with Gasteiger partial charge in [0.1, 0.15) is 24.4 Å². The fourth-order valence-electron chi connectivity index (χ4n) is 3.39. The quantitative estimate of drug-likeness (QED) is 0.441.